The van der Waals surface area contributed by atoms with Crippen LogP contribution in [0.5, 0.6) is 0 Å². The first-order chi connectivity index (χ1) is 14.5. The van der Waals surface area contributed by atoms with Crippen molar-refractivity contribution in [2.45, 2.75) is 43.5 Å². The lowest BCUT2D eigenvalue weighted by Crippen LogP contribution is -2.63. The van der Waals surface area contributed by atoms with Gasteiger partial charge in [0.2, 0.25) is 0 Å². The highest BCUT2D eigenvalue weighted by Crippen LogP contribution is 2.24. The predicted molar refractivity (Wildman–Crippen MR) is 116 cm³/mol. The van der Waals surface area contributed by atoms with Crippen LogP contribution in [-0.2, 0) is 16.0 Å². The Morgan fingerprint density at radius 2 is 1.60 bits per heavy atom. The van der Waals surface area contributed by atoms with Gasteiger partial charge in [-0.25, -0.2) is 0 Å². The van der Waals surface area contributed by atoms with Gasteiger partial charge in [-0.3, -0.25) is 4.84 Å². The molecular formula is C20H32Cl2N2O6. The molecular weight excluding hydrogens is 435 g/mol. The standard InChI is InChI=1S/C20H32Cl2N2O6/c1-29-24(20-19(28)18(27)17(26)16(13-25)30-20)10-2-3-14-4-6-15(7-5-14)23(11-8-21)12-9-22/h4-7,16-20,25-28H,2-3,8-13H2,1H3/t16-,17-,18-,19-,20?/m1/s1. The summed E-state index contributed by atoms with van der Waals surface area (Å²) in [5, 5.41) is 40.9. The first-order valence-electron chi connectivity index (χ1n) is 10.0. The Labute approximate surface area is 187 Å². The summed E-state index contributed by atoms with van der Waals surface area (Å²) in [6, 6.07) is 8.19. The molecule has 172 valence electrons. The van der Waals surface area contributed by atoms with Crippen molar-refractivity contribution >= 4 is 28.9 Å². The summed E-state index contributed by atoms with van der Waals surface area (Å²) in [5.41, 5.74) is 2.21. The minimum absolute atomic E-state index is 0.422. The second-order valence-electron chi connectivity index (χ2n) is 7.18. The second-order valence-corrected chi connectivity index (χ2v) is 7.93. The summed E-state index contributed by atoms with van der Waals surface area (Å²) < 4.78 is 5.54. The SMILES string of the molecule is CON(CCCc1ccc(N(CCCl)CCCl)cc1)C1O[C@H](CO)[C@@H](O)[C@@H](O)[C@H]1O. The van der Waals surface area contributed by atoms with Gasteiger partial charge in [0.15, 0.2) is 6.23 Å². The molecule has 2 rings (SSSR count). The summed E-state index contributed by atoms with van der Waals surface area (Å²) in [6.45, 7) is 1.41. The van der Waals surface area contributed by atoms with Crippen LogP contribution >= 0.6 is 23.2 Å². The number of rotatable bonds is 12. The van der Waals surface area contributed by atoms with Crippen LogP contribution in [0.25, 0.3) is 0 Å². The lowest BCUT2D eigenvalue weighted by molar-refractivity contribution is -0.327. The fourth-order valence-corrected chi connectivity index (χ4v) is 3.94. The molecule has 1 heterocycles. The number of aliphatic hydroxyl groups excluding tert-OH is 4. The summed E-state index contributed by atoms with van der Waals surface area (Å²) in [7, 11) is 1.44. The van der Waals surface area contributed by atoms with E-state index in [2.05, 4.69) is 17.0 Å². The van der Waals surface area contributed by atoms with Gasteiger partial charge in [-0.2, -0.15) is 5.06 Å². The van der Waals surface area contributed by atoms with E-state index in [9.17, 15) is 20.4 Å². The average Bonchev–Trinajstić information content (AvgIpc) is 2.76. The maximum absolute atomic E-state index is 10.2. The zero-order valence-electron chi connectivity index (χ0n) is 17.1. The van der Waals surface area contributed by atoms with Crippen molar-refractivity contribution < 1.29 is 30.0 Å². The molecule has 0 bridgehead atoms. The Kier molecular flexibility index (Phi) is 11.1. The third-order valence-electron chi connectivity index (χ3n) is 5.24. The predicted octanol–water partition coefficient (Wildman–Crippen LogP) is 0.566. The molecule has 1 saturated heterocycles. The summed E-state index contributed by atoms with van der Waals surface area (Å²) in [5.74, 6) is 1.06. The molecule has 1 aliphatic rings. The zero-order valence-corrected chi connectivity index (χ0v) is 18.6. The molecule has 0 spiro atoms. The topological polar surface area (TPSA) is 106 Å². The largest absolute Gasteiger partial charge is 0.394 e. The molecule has 30 heavy (non-hydrogen) atoms. The van der Waals surface area contributed by atoms with E-state index in [1.807, 2.05) is 12.1 Å². The smallest absolute Gasteiger partial charge is 0.162 e. The molecule has 0 aromatic heterocycles. The van der Waals surface area contributed by atoms with E-state index in [4.69, 9.17) is 32.8 Å². The number of hydrogen-bond donors (Lipinski definition) is 4. The van der Waals surface area contributed by atoms with Crippen molar-refractivity contribution in [3.8, 4) is 0 Å². The molecule has 10 heteroatoms. The van der Waals surface area contributed by atoms with Gasteiger partial charge in [-0.15, -0.1) is 23.2 Å². The molecule has 4 N–H and O–H groups in total. The highest BCUT2D eigenvalue weighted by Gasteiger charge is 2.45. The number of anilines is 1. The Hall–Kier alpha value is -0.680. The number of hydroxylamine groups is 2. The van der Waals surface area contributed by atoms with E-state index in [1.54, 1.807) is 0 Å². The maximum atomic E-state index is 10.2. The van der Waals surface area contributed by atoms with Crippen LogP contribution in [0.4, 0.5) is 5.69 Å². The molecule has 0 aliphatic carbocycles. The number of nitrogens with zero attached hydrogens (tertiary/aromatic N) is 2. The van der Waals surface area contributed by atoms with Gasteiger partial charge in [0, 0.05) is 37.1 Å². The number of benzene rings is 1. The third-order valence-corrected chi connectivity index (χ3v) is 5.58. The average molecular weight is 467 g/mol. The quantitative estimate of drug-likeness (QED) is 0.261. The Balaban J connectivity index is 1.91. The van der Waals surface area contributed by atoms with E-state index in [1.165, 1.54) is 12.2 Å². The van der Waals surface area contributed by atoms with E-state index in [0.717, 1.165) is 30.8 Å². The Morgan fingerprint density at radius 1 is 0.967 bits per heavy atom. The minimum Gasteiger partial charge on any atom is -0.394 e. The van der Waals surface area contributed by atoms with Gasteiger partial charge in [0.25, 0.3) is 0 Å². The fraction of sp³-hybridized carbons (Fsp3) is 0.700. The van der Waals surface area contributed by atoms with Gasteiger partial charge in [0.1, 0.15) is 24.4 Å². The number of aliphatic hydroxyl groups is 4. The zero-order chi connectivity index (χ0) is 22.1. The summed E-state index contributed by atoms with van der Waals surface area (Å²) >= 11 is 11.7. The monoisotopic (exact) mass is 466 g/mol. The van der Waals surface area contributed by atoms with E-state index in [0.29, 0.717) is 24.7 Å². The van der Waals surface area contributed by atoms with Crippen LogP contribution < -0.4 is 4.90 Å². The lowest BCUT2D eigenvalue weighted by Gasteiger charge is -2.43. The molecule has 1 aromatic carbocycles. The highest BCUT2D eigenvalue weighted by molar-refractivity contribution is 6.18. The van der Waals surface area contributed by atoms with Crippen LogP contribution in [0.2, 0.25) is 0 Å². The van der Waals surface area contributed by atoms with Gasteiger partial charge in [0.05, 0.1) is 13.7 Å². The molecule has 0 saturated carbocycles. The number of aryl methyl sites for hydroxylation is 1. The first-order valence-corrected chi connectivity index (χ1v) is 11.1. The van der Waals surface area contributed by atoms with Gasteiger partial charge < -0.3 is 30.1 Å². The fourth-order valence-electron chi connectivity index (χ4n) is 3.53. The van der Waals surface area contributed by atoms with Crippen molar-refractivity contribution in [2.75, 3.05) is 50.0 Å². The molecule has 1 fully saturated rings. The summed E-state index contributed by atoms with van der Waals surface area (Å²) in [4.78, 5) is 7.46. The molecule has 8 nitrogen and oxygen atoms in total. The van der Waals surface area contributed by atoms with Crippen LogP contribution in [-0.4, -0.2) is 101 Å². The molecule has 1 aliphatic heterocycles. The lowest BCUT2D eigenvalue weighted by atomic mass is 9.98. The number of hydrogen-bond acceptors (Lipinski definition) is 8. The molecule has 0 radical (unpaired) electrons. The Bertz CT molecular complexity index is 603. The van der Waals surface area contributed by atoms with Crippen molar-refractivity contribution in [3.05, 3.63) is 29.8 Å². The number of ether oxygens (including phenoxy) is 1. The van der Waals surface area contributed by atoms with Gasteiger partial charge in [-0.05, 0) is 30.5 Å². The van der Waals surface area contributed by atoms with Gasteiger partial charge in [-0.1, -0.05) is 12.1 Å². The molecule has 1 unspecified atom stereocenters. The van der Waals surface area contributed by atoms with E-state index in [-0.39, 0.29) is 0 Å². The van der Waals surface area contributed by atoms with Crippen molar-refractivity contribution in [1.29, 1.82) is 0 Å². The third kappa shape index (κ3) is 6.66. The highest BCUT2D eigenvalue weighted by atomic mass is 35.5. The normalized spacial score (nSPS) is 26.9. The van der Waals surface area contributed by atoms with Crippen LogP contribution in [0.1, 0.15) is 12.0 Å². The van der Waals surface area contributed by atoms with Crippen molar-refractivity contribution in [1.82, 2.24) is 5.06 Å². The number of halogens is 2. The van der Waals surface area contributed by atoms with Crippen molar-refractivity contribution in [2.24, 2.45) is 0 Å². The van der Waals surface area contributed by atoms with Crippen LogP contribution in [0, 0.1) is 0 Å². The van der Waals surface area contributed by atoms with E-state index >= 15 is 0 Å². The summed E-state index contributed by atoms with van der Waals surface area (Å²) in [6.07, 6.45) is -4.68. The van der Waals surface area contributed by atoms with E-state index < -0.39 is 37.3 Å². The Morgan fingerprint density at radius 3 is 2.13 bits per heavy atom. The molecule has 0 amide bonds. The first kappa shape index (κ1) is 25.6. The van der Waals surface area contributed by atoms with Crippen LogP contribution in [0.15, 0.2) is 24.3 Å². The molecule has 1 aromatic rings. The van der Waals surface area contributed by atoms with Gasteiger partial charge >= 0.3 is 0 Å². The van der Waals surface area contributed by atoms with Crippen LogP contribution in [0.3, 0.4) is 0 Å². The second kappa shape index (κ2) is 13.0. The molecule has 5 atom stereocenters. The number of alkyl halides is 2. The maximum Gasteiger partial charge on any atom is 0.162 e. The minimum atomic E-state index is -1.44. The van der Waals surface area contributed by atoms with Crippen molar-refractivity contribution in [3.63, 3.8) is 0 Å².